The van der Waals surface area contributed by atoms with Crippen molar-refractivity contribution >= 4 is 11.8 Å². The maximum absolute atomic E-state index is 12.8. The van der Waals surface area contributed by atoms with Crippen LogP contribution in [0.3, 0.4) is 0 Å². The summed E-state index contributed by atoms with van der Waals surface area (Å²) in [5.74, 6) is 2.86. The van der Waals surface area contributed by atoms with E-state index in [0.717, 1.165) is 40.4 Å². The quantitative estimate of drug-likeness (QED) is 0.157. The highest BCUT2D eigenvalue weighted by Gasteiger charge is 2.38. The van der Waals surface area contributed by atoms with Crippen molar-refractivity contribution in [2.75, 3.05) is 34.4 Å². The molecule has 51 heavy (non-hydrogen) atoms. The van der Waals surface area contributed by atoms with Crippen molar-refractivity contribution in [1.29, 1.82) is 0 Å². The van der Waals surface area contributed by atoms with Crippen LogP contribution in [0.2, 0.25) is 0 Å². The Balaban J connectivity index is 0.000000244. The molecule has 3 aromatic carbocycles. The van der Waals surface area contributed by atoms with Crippen LogP contribution in [0.5, 0.6) is 17.2 Å². The third-order valence-electron chi connectivity index (χ3n) is 10.0. The molecule has 9 nitrogen and oxygen atoms in total. The molecule has 0 bridgehead atoms. The van der Waals surface area contributed by atoms with E-state index in [2.05, 4.69) is 20.1 Å². The van der Waals surface area contributed by atoms with E-state index in [1.807, 2.05) is 95.6 Å². The zero-order chi connectivity index (χ0) is 36.9. The van der Waals surface area contributed by atoms with E-state index < -0.39 is 6.10 Å². The Labute approximate surface area is 303 Å². The summed E-state index contributed by atoms with van der Waals surface area (Å²) in [5, 5.41) is 10.0. The summed E-state index contributed by atoms with van der Waals surface area (Å²) in [4.78, 5) is 28.8. The van der Waals surface area contributed by atoms with Gasteiger partial charge in [0.05, 0.1) is 52.2 Å². The number of likely N-dealkylation sites (tertiary alicyclic amines) is 2. The summed E-state index contributed by atoms with van der Waals surface area (Å²) >= 11 is 0. The molecule has 0 radical (unpaired) electrons. The van der Waals surface area contributed by atoms with Crippen molar-refractivity contribution in [3.63, 3.8) is 0 Å². The van der Waals surface area contributed by atoms with Crippen LogP contribution >= 0.6 is 0 Å². The van der Waals surface area contributed by atoms with Gasteiger partial charge in [-0.25, -0.2) is 0 Å². The monoisotopic (exact) mass is 698 g/mol. The third-order valence-corrected chi connectivity index (χ3v) is 10.0. The fraction of sp³-hybridized carbons (Fsp3) is 0.429. The summed E-state index contributed by atoms with van der Waals surface area (Å²) in [7, 11) is 4.94. The molecule has 274 valence electrons. The minimum absolute atomic E-state index is 0.00352. The highest BCUT2D eigenvalue weighted by molar-refractivity contribution is 5.79. The topological polar surface area (TPSA) is 97.8 Å². The summed E-state index contributed by atoms with van der Waals surface area (Å²) in [6.07, 6.45) is 5.21. The number of amides is 2. The van der Waals surface area contributed by atoms with Gasteiger partial charge in [-0.05, 0) is 79.8 Å². The zero-order valence-corrected chi connectivity index (χ0v) is 30.7. The minimum Gasteiger partial charge on any atom is -0.497 e. The molecule has 1 N–H and O–H groups in total. The molecule has 3 aromatic rings. The summed E-state index contributed by atoms with van der Waals surface area (Å²) in [6.45, 7) is 13.4. The zero-order valence-electron chi connectivity index (χ0n) is 30.7. The van der Waals surface area contributed by atoms with E-state index in [0.29, 0.717) is 39.0 Å². The lowest BCUT2D eigenvalue weighted by Gasteiger charge is -2.27. The molecule has 0 spiro atoms. The first-order valence-electron chi connectivity index (χ1n) is 17.6. The van der Waals surface area contributed by atoms with Gasteiger partial charge in [0.2, 0.25) is 11.8 Å². The van der Waals surface area contributed by atoms with Gasteiger partial charge in [-0.2, -0.15) is 0 Å². The number of carbonyl (C=O) groups is 2. The van der Waals surface area contributed by atoms with Crippen molar-refractivity contribution in [3.05, 3.63) is 115 Å². The van der Waals surface area contributed by atoms with E-state index >= 15 is 0 Å². The Bertz CT molecular complexity index is 1560. The molecule has 0 aliphatic carbocycles. The summed E-state index contributed by atoms with van der Waals surface area (Å²) in [6, 6.07) is 23.5. The molecule has 2 heterocycles. The van der Waals surface area contributed by atoms with Gasteiger partial charge in [0.15, 0.2) is 0 Å². The van der Waals surface area contributed by atoms with E-state index in [-0.39, 0.29) is 41.8 Å². The predicted octanol–water partition coefficient (Wildman–Crippen LogP) is 7.32. The second-order valence-corrected chi connectivity index (χ2v) is 13.2. The molecule has 0 aromatic heterocycles. The lowest BCUT2D eigenvalue weighted by Crippen LogP contribution is -2.31. The van der Waals surface area contributed by atoms with Crippen LogP contribution in [-0.2, 0) is 20.9 Å². The van der Waals surface area contributed by atoms with Crippen molar-refractivity contribution in [2.45, 2.75) is 70.4 Å². The SMILES string of the molecule is C=CC[C@@H](O)[C@@H]1CC(=O)N([C@H](C)c2ccc(OC)cc2)C1.C=CC[C@@H](OCc1ccc(OC)cc1)[C@@H]1CC(=O)N([C@H](C)c2ccc(OC)cc2)C1. The molecule has 9 heteroatoms. The van der Waals surface area contributed by atoms with Crippen molar-refractivity contribution in [2.24, 2.45) is 11.8 Å². The molecule has 0 unspecified atom stereocenters. The van der Waals surface area contributed by atoms with Crippen molar-refractivity contribution in [1.82, 2.24) is 9.80 Å². The first-order valence-corrected chi connectivity index (χ1v) is 17.6. The molecule has 6 atom stereocenters. The number of aliphatic hydroxyl groups is 1. The lowest BCUT2D eigenvalue weighted by molar-refractivity contribution is -0.130. The molecule has 5 rings (SSSR count). The normalized spacial score (nSPS) is 19.4. The summed E-state index contributed by atoms with van der Waals surface area (Å²) < 4.78 is 21.8. The third kappa shape index (κ3) is 10.5. The maximum Gasteiger partial charge on any atom is 0.223 e. The minimum atomic E-state index is -0.487. The number of hydrogen-bond donors (Lipinski definition) is 1. The van der Waals surface area contributed by atoms with Gasteiger partial charge < -0.3 is 33.9 Å². The van der Waals surface area contributed by atoms with Crippen LogP contribution in [0.15, 0.2) is 98.1 Å². The van der Waals surface area contributed by atoms with Crippen LogP contribution in [0.1, 0.15) is 68.3 Å². The second kappa shape index (κ2) is 19.1. The predicted molar refractivity (Wildman–Crippen MR) is 200 cm³/mol. The van der Waals surface area contributed by atoms with Crippen molar-refractivity contribution in [3.8, 4) is 17.2 Å². The van der Waals surface area contributed by atoms with E-state index in [1.165, 1.54) is 0 Å². The van der Waals surface area contributed by atoms with Gasteiger partial charge in [0.1, 0.15) is 17.2 Å². The molecule has 2 aliphatic heterocycles. The van der Waals surface area contributed by atoms with Crippen LogP contribution in [0.4, 0.5) is 0 Å². The maximum atomic E-state index is 12.8. The Morgan fingerprint density at radius 3 is 1.53 bits per heavy atom. The number of aliphatic hydroxyl groups excluding tert-OH is 1. The number of methoxy groups -OCH3 is 3. The fourth-order valence-corrected chi connectivity index (χ4v) is 6.75. The summed E-state index contributed by atoms with van der Waals surface area (Å²) in [5.41, 5.74) is 3.25. The average molecular weight is 699 g/mol. The van der Waals surface area contributed by atoms with Crippen molar-refractivity contribution < 1.29 is 33.6 Å². The molecule has 2 aliphatic rings. The van der Waals surface area contributed by atoms with Crippen LogP contribution < -0.4 is 14.2 Å². The first-order chi connectivity index (χ1) is 24.6. The van der Waals surface area contributed by atoms with Gasteiger partial charge in [-0.1, -0.05) is 48.6 Å². The van der Waals surface area contributed by atoms with E-state index in [1.54, 1.807) is 27.4 Å². The van der Waals surface area contributed by atoms with Gasteiger partial charge >= 0.3 is 0 Å². The first kappa shape index (κ1) is 39.2. The van der Waals surface area contributed by atoms with Gasteiger partial charge in [0.25, 0.3) is 0 Å². The number of nitrogens with zero attached hydrogens (tertiary/aromatic N) is 2. The standard InChI is InChI=1S/C25H31NO4.C17H23NO3/c1-5-6-24(30-17-19-7-11-22(28-3)12-8-19)21-15-25(27)26(16-21)18(2)20-9-13-23(29-4)14-10-20;1-4-5-16(19)14-10-17(20)18(11-14)12(2)13-6-8-15(21-3)9-7-13/h5,7-14,18,21,24H,1,6,15-17H2,2-4H3;4,6-9,12,14,16,19H,1,5,10-11H2,2-3H3/t18-,21-,24-;12-,14-,16-/m11/s1. The fourth-order valence-electron chi connectivity index (χ4n) is 6.75. The number of carbonyl (C=O) groups excluding carboxylic acids is 2. The highest BCUT2D eigenvalue weighted by atomic mass is 16.5. The van der Waals surface area contributed by atoms with Gasteiger partial charge in [-0.3, -0.25) is 9.59 Å². The van der Waals surface area contributed by atoms with Gasteiger partial charge in [0, 0.05) is 37.8 Å². The van der Waals surface area contributed by atoms with E-state index in [4.69, 9.17) is 18.9 Å². The average Bonchev–Trinajstić information content (AvgIpc) is 3.75. The Morgan fingerprint density at radius 1 is 0.686 bits per heavy atom. The van der Waals surface area contributed by atoms with Crippen LogP contribution in [-0.4, -0.2) is 73.3 Å². The molecule has 2 saturated heterocycles. The Morgan fingerprint density at radius 2 is 1.10 bits per heavy atom. The Kier molecular flexibility index (Phi) is 14.7. The van der Waals surface area contributed by atoms with Gasteiger partial charge in [-0.15, -0.1) is 13.2 Å². The Hall–Kier alpha value is -4.60. The van der Waals surface area contributed by atoms with E-state index in [9.17, 15) is 14.7 Å². The molecular weight excluding hydrogens is 644 g/mol. The molecule has 2 amide bonds. The highest BCUT2D eigenvalue weighted by Crippen LogP contribution is 2.34. The smallest absolute Gasteiger partial charge is 0.223 e. The molecular formula is C42H54N2O7. The second-order valence-electron chi connectivity index (χ2n) is 13.2. The van der Waals surface area contributed by atoms with Crippen LogP contribution in [0, 0.1) is 11.8 Å². The van der Waals surface area contributed by atoms with Crippen LogP contribution in [0.25, 0.3) is 0 Å². The number of benzene rings is 3. The molecule has 2 fully saturated rings. The lowest BCUT2D eigenvalue weighted by atomic mass is 9.98. The number of rotatable bonds is 16. The molecule has 0 saturated carbocycles. The largest absolute Gasteiger partial charge is 0.497 e. The number of hydrogen-bond acceptors (Lipinski definition) is 7. The number of ether oxygens (including phenoxy) is 4.